The van der Waals surface area contributed by atoms with E-state index in [-0.39, 0.29) is 50.6 Å². The van der Waals surface area contributed by atoms with Crippen LogP contribution in [0.5, 0.6) is 0 Å². The minimum absolute atomic E-state index is 0.0861. The molecule has 4 fully saturated rings. The van der Waals surface area contributed by atoms with Crippen LogP contribution < -0.4 is 39.9 Å². The second kappa shape index (κ2) is 39.2. The standard InChI is InChI=1S/C19H25B2F3N2O4S.C13H13B2F3N2O4S.C11H13B2F3N2O2S.2C8H4F3N2S.3C4H9.3CH3.2Sn/c1-15(2)16(3,4)28-20(27-15)11-9-10(19(22,23)24)12(14-13(11)25-31-26-14)21-29-17(5,6)18(7,8)30-21;16-13(17,18)8-7-9(14-21-3-1-4-22-14)11-12(20-25-19-11)10(8)15-23-5-2-6-24-15;1-12(2)7-5-6(11(14,15)16)8(13(19-3)20-4)10-9(7)17-21-18-10;2*1-4-2-5(8(9,10)11)3-6-7(4)13-14-12-6;3*1-3-4-2;;;;;/h9H,1-8H3;7H,1-6H2;5H,1-4H3;2*2H,1H3;3*1,3-4H2,2H3;3*1H3;;. The van der Waals surface area contributed by atoms with Gasteiger partial charge in [-0.3, -0.25) is 0 Å². The molecule has 20 nitrogen and oxygen atoms in total. The zero-order chi connectivity index (χ0) is 90.2. The van der Waals surface area contributed by atoms with Crippen LogP contribution in [-0.4, -0.2) is 186 Å². The van der Waals surface area contributed by atoms with Gasteiger partial charge in [0.2, 0.25) is 0 Å². The molecule has 0 radical (unpaired) electrons. The van der Waals surface area contributed by atoms with Crippen molar-refractivity contribution in [1.82, 2.24) is 43.7 Å². The van der Waals surface area contributed by atoms with E-state index >= 15 is 0 Å². The van der Waals surface area contributed by atoms with Crippen molar-refractivity contribution in [3.63, 3.8) is 0 Å². The Morgan fingerprint density at radius 3 is 1.08 bits per heavy atom. The molecule has 662 valence electrons. The van der Waals surface area contributed by atoms with E-state index in [1.54, 1.807) is 41.5 Å². The molecule has 0 bridgehead atoms. The third-order valence-electron chi connectivity index (χ3n) is 22.5. The molecule has 10 aromatic rings. The summed E-state index contributed by atoms with van der Waals surface area (Å²) in [5.74, 6) is 0. The number of halogens is 15. The van der Waals surface area contributed by atoms with E-state index in [0.717, 1.165) is 129 Å². The van der Waals surface area contributed by atoms with Gasteiger partial charge >= 0.3 is 335 Å². The molecule has 5 aromatic carbocycles. The van der Waals surface area contributed by atoms with E-state index < -0.39 is 153 Å². The minimum Gasteiger partial charge on any atom is -0.407 e. The van der Waals surface area contributed by atoms with E-state index in [1.165, 1.54) is 26.4 Å². The number of hydrogen-bond donors (Lipinski definition) is 0. The van der Waals surface area contributed by atoms with E-state index in [1.807, 2.05) is 56.2 Å². The van der Waals surface area contributed by atoms with E-state index in [9.17, 15) is 65.9 Å². The van der Waals surface area contributed by atoms with Gasteiger partial charge in [0.1, 0.15) is 27.6 Å². The van der Waals surface area contributed by atoms with Gasteiger partial charge in [0.05, 0.1) is 79.8 Å². The minimum atomic E-state index is -4.67. The first-order chi connectivity index (χ1) is 56.8. The van der Waals surface area contributed by atoms with Gasteiger partial charge in [-0.05, 0) is 80.4 Å². The molecular formula is C74H95B6F15N10O10S5Sn2. The molecule has 0 spiro atoms. The van der Waals surface area contributed by atoms with Gasteiger partial charge in [-0.1, -0.05) is 25.2 Å². The summed E-state index contributed by atoms with van der Waals surface area (Å²) < 4.78 is 308. The molecule has 4 aliphatic heterocycles. The quantitative estimate of drug-likeness (QED) is 0.0542. The third kappa shape index (κ3) is 21.7. The Labute approximate surface area is 729 Å². The van der Waals surface area contributed by atoms with Crippen molar-refractivity contribution in [2.24, 2.45) is 0 Å². The van der Waals surface area contributed by atoms with E-state index in [2.05, 4.69) is 64.5 Å². The number of aryl methyl sites for hydroxylation is 2. The van der Waals surface area contributed by atoms with Crippen LogP contribution in [0.4, 0.5) is 65.9 Å². The molecule has 0 amide bonds. The maximum atomic E-state index is 14.3. The number of hydrogen-bond acceptors (Lipinski definition) is 25. The summed E-state index contributed by atoms with van der Waals surface area (Å²) in [5, 5.41) is 0. The summed E-state index contributed by atoms with van der Waals surface area (Å²) in [6.45, 7) is 29.3. The van der Waals surface area contributed by atoms with Crippen molar-refractivity contribution < 1.29 is 112 Å². The van der Waals surface area contributed by atoms with Crippen LogP contribution in [0.1, 0.15) is 166 Å². The SMILES string of the molecule is CC1(C)OB(c2cc(C(F)(F)F)c(B3OC(C)(C)C(C)(C)O3)c3nsnc23)OC1(C)C.CCC[CH2][Sn]([CH2]CCC)([CH2]CCC)[c]1c(C(F)(F)F)cc(C)c2nsnc12.COB(OC)c1c(C(F)(F)F)cc(B(C)C)c2nsnc12.Cc1cc(C(F)(F)F)[c]([Sn]([CH3])([CH3])[CH3])c2nsnc12.FC(F)(F)c1cc(B2OCCCO2)c2nsnc2c1B1OCCCO1. The van der Waals surface area contributed by atoms with Crippen LogP contribution in [0.2, 0.25) is 41.8 Å². The number of rotatable bonds is 19. The van der Waals surface area contributed by atoms with Gasteiger partial charge in [-0.25, -0.2) is 0 Å². The fraction of sp³-hybridized carbons (Fsp3) is 0.595. The first-order valence-corrected chi connectivity index (χ1v) is 60.9. The van der Waals surface area contributed by atoms with Gasteiger partial charge in [-0.2, -0.15) is 65.8 Å². The Balaban J connectivity index is 0.000000162. The molecule has 48 heteroatoms. The molecule has 9 heterocycles. The summed E-state index contributed by atoms with van der Waals surface area (Å²) in [6.07, 6.45) is -14.9. The first kappa shape index (κ1) is 99.9. The van der Waals surface area contributed by atoms with Crippen molar-refractivity contribution in [3.8, 4) is 0 Å². The Morgan fingerprint density at radius 2 is 0.713 bits per heavy atom. The van der Waals surface area contributed by atoms with Crippen LogP contribution in [0.3, 0.4) is 0 Å². The van der Waals surface area contributed by atoms with E-state index in [0.29, 0.717) is 102 Å². The zero-order valence-electron chi connectivity index (χ0n) is 71.2. The number of alkyl halides is 15. The molecule has 0 unspecified atom stereocenters. The fourth-order valence-electron chi connectivity index (χ4n) is 15.0. The molecule has 4 aliphatic rings. The number of benzene rings is 5. The van der Waals surface area contributed by atoms with Crippen molar-refractivity contribution >= 4 is 233 Å². The van der Waals surface area contributed by atoms with Crippen LogP contribution in [0.25, 0.3) is 55.2 Å². The Morgan fingerprint density at radius 1 is 0.393 bits per heavy atom. The molecule has 0 saturated carbocycles. The van der Waals surface area contributed by atoms with Crippen molar-refractivity contribution in [3.05, 3.63) is 69.3 Å². The Hall–Kier alpha value is -4.26. The van der Waals surface area contributed by atoms with Crippen molar-refractivity contribution in [2.75, 3.05) is 40.6 Å². The topological polar surface area (TPSA) is 221 Å². The van der Waals surface area contributed by atoms with Crippen LogP contribution in [-0.2, 0) is 77.4 Å². The van der Waals surface area contributed by atoms with Gasteiger partial charge in [0, 0.05) is 68.0 Å². The summed E-state index contributed by atoms with van der Waals surface area (Å²) in [5.41, 5.74) is -0.991. The second-order valence-electron chi connectivity index (χ2n) is 33.6. The Kier molecular flexibility index (Phi) is 32.1. The summed E-state index contributed by atoms with van der Waals surface area (Å²) in [6, 6.07) is 5.76. The van der Waals surface area contributed by atoms with Gasteiger partial charge in [0.25, 0.3) is 0 Å². The number of aromatic nitrogens is 10. The first-order valence-electron chi connectivity index (χ1n) is 39.7. The average molecular weight is 2030 g/mol. The molecule has 4 saturated heterocycles. The maximum absolute atomic E-state index is 14.3. The molecule has 0 atom stereocenters. The van der Waals surface area contributed by atoms with Gasteiger partial charge in [0.15, 0.2) is 6.71 Å². The number of fused-ring (bicyclic) bond motifs is 5. The second-order valence-corrected chi connectivity index (χ2v) is 63.6. The Bertz CT molecular complexity index is 5220. The van der Waals surface area contributed by atoms with Crippen molar-refractivity contribution in [1.29, 1.82) is 0 Å². The normalized spacial score (nSPS) is 17.1. The van der Waals surface area contributed by atoms with Crippen molar-refractivity contribution in [2.45, 2.75) is 236 Å². The number of unbranched alkanes of at least 4 members (excludes halogenated alkanes) is 3. The molecular weight excluding hydrogens is 1940 g/mol. The van der Waals surface area contributed by atoms with Crippen LogP contribution in [0.15, 0.2) is 30.3 Å². The van der Waals surface area contributed by atoms with Gasteiger partial charge in [-0.15, -0.1) is 0 Å². The zero-order valence-corrected chi connectivity index (χ0v) is 81.0. The summed E-state index contributed by atoms with van der Waals surface area (Å²) in [7, 11) is -2.81. The molecule has 0 aliphatic carbocycles. The monoisotopic (exact) mass is 2030 g/mol. The third-order valence-corrected chi connectivity index (χ3v) is 46.6. The summed E-state index contributed by atoms with van der Waals surface area (Å²) in [4.78, 5) is 5.90. The number of nitrogens with zero attached hydrogens (tertiary/aromatic N) is 10. The summed E-state index contributed by atoms with van der Waals surface area (Å²) >= 11 is -1.67. The van der Waals surface area contributed by atoms with Crippen LogP contribution >= 0.6 is 58.6 Å². The maximum Gasteiger partial charge on any atom is 0.496 e. The van der Waals surface area contributed by atoms with Gasteiger partial charge < -0.3 is 46.5 Å². The largest absolute Gasteiger partial charge is 0.496 e. The smallest absolute Gasteiger partial charge is 0.407 e. The average Bonchev–Trinajstić information content (AvgIpc) is 1.56. The predicted molar refractivity (Wildman–Crippen MR) is 461 cm³/mol. The predicted octanol–water partition coefficient (Wildman–Crippen LogP) is 16.6. The molecule has 5 aromatic heterocycles. The molecule has 122 heavy (non-hydrogen) atoms. The van der Waals surface area contributed by atoms with Crippen LogP contribution in [0, 0.1) is 13.8 Å². The fourth-order valence-corrected chi connectivity index (χ4v) is 41.1. The molecule has 0 N–H and O–H groups in total. The molecule has 14 rings (SSSR count). The van der Waals surface area contributed by atoms with E-state index in [4.69, 9.17) is 46.5 Å².